The molecule has 1 amide bonds. The summed E-state index contributed by atoms with van der Waals surface area (Å²) in [4.78, 5) is 12.0. The minimum Gasteiger partial charge on any atom is -0.396 e. The molecule has 0 aliphatic heterocycles. The van der Waals surface area contributed by atoms with Gasteiger partial charge in [-0.15, -0.1) is 0 Å². The Morgan fingerprint density at radius 1 is 1.29 bits per heavy atom. The van der Waals surface area contributed by atoms with Crippen molar-refractivity contribution in [2.45, 2.75) is 31.9 Å². The zero-order chi connectivity index (χ0) is 15.5. The molecule has 0 saturated heterocycles. The number of hydrogen-bond donors (Lipinski definition) is 2. The first-order valence-electron chi connectivity index (χ1n) is 6.93. The molecule has 116 valence electrons. The van der Waals surface area contributed by atoms with E-state index in [1.54, 1.807) is 0 Å². The molecule has 1 fully saturated rings. The molecule has 1 aliphatic rings. The molecular weight excluding hydrogens is 283 g/mol. The summed E-state index contributed by atoms with van der Waals surface area (Å²) >= 11 is 0. The smallest absolute Gasteiger partial charge is 0.396 e. The number of hydrogen-bond acceptors (Lipinski definition) is 2. The molecule has 0 radical (unpaired) electrons. The second kappa shape index (κ2) is 6.05. The first-order valence-corrected chi connectivity index (χ1v) is 6.93. The van der Waals surface area contributed by atoms with Crippen LogP contribution in [0.5, 0.6) is 0 Å². The highest BCUT2D eigenvalue weighted by molar-refractivity contribution is 5.94. The summed E-state index contributed by atoms with van der Waals surface area (Å²) < 4.78 is 37.8. The maximum Gasteiger partial charge on any atom is 0.416 e. The van der Waals surface area contributed by atoms with E-state index in [4.69, 9.17) is 0 Å². The summed E-state index contributed by atoms with van der Waals surface area (Å²) in [6, 6.07) is 4.35. The van der Waals surface area contributed by atoms with Gasteiger partial charge in [0.05, 0.1) is 12.2 Å². The van der Waals surface area contributed by atoms with Crippen molar-refractivity contribution in [3.8, 4) is 0 Å². The van der Waals surface area contributed by atoms with Crippen molar-refractivity contribution in [2.75, 3.05) is 13.2 Å². The summed E-state index contributed by atoms with van der Waals surface area (Å²) in [7, 11) is 0. The standard InChI is InChI=1S/C15H18F3NO2/c16-15(17,18)12-5-3-4-11(8-12)13(21)19-9-14(10-20)6-1-2-7-14/h3-5,8,20H,1-2,6-7,9-10H2,(H,19,21). The Bertz CT molecular complexity index is 508. The number of amides is 1. The Kier molecular flexibility index (Phi) is 4.56. The van der Waals surface area contributed by atoms with Gasteiger partial charge < -0.3 is 10.4 Å². The number of rotatable bonds is 4. The lowest BCUT2D eigenvalue weighted by Crippen LogP contribution is -2.38. The predicted molar refractivity (Wildman–Crippen MR) is 71.8 cm³/mol. The normalized spacial score (nSPS) is 17.7. The van der Waals surface area contributed by atoms with Gasteiger partial charge in [0.1, 0.15) is 0 Å². The summed E-state index contributed by atoms with van der Waals surface area (Å²) in [5.41, 5.74) is -1.18. The molecule has 1 aromatic carbocycles. The van der Waals surface area contributed by atoms with Crippen molar-refractivity contribution < 1.29 is 23.1 Å². The number of aliphatic hydroxyl groups is 1. The zero-order valence-corrected chi connectivity index (χ0v) is 11.5. The topological polar surface area (TPSA) is 49.3 Å². The van der Waals surface area contributed by atoms with Crippen LogP contribution < -0.4 is 5.32 Å². The molecule has 0 unspecified atom stereocenters. The average molecular weight is 301 g/mol. The molecule has 1 saturated carbocycles. The third-order valence-electron chi connectivity index (χ3n) is 4.08. The molecule has 0 atom stereocenters. The van der Waals surface area contributed by atoms with E-state index in [9.17, 15) is 23.1 Å². The van der Waals surface area contributed by atoms with E-state index in [1.165, 1.54) is 12.1 Å². The fourth-order valence-corrected chi connectivity index (χ4v) is 2.72. The van der Waals surface area contributed by atoms with Gasteiger partial charge in [0, 0.05) is 17.5 Å². The second-order valence-electron chi connectivity index (χ2n) is 5.63. The number of nitrogens with one attached hydrogen (secondary N) is 1. The lowest BCUT2D eigenvalue weighted by molar-refractivity contribution is -0.137. The van der Waals surface area contributed by atoms with Crippen LogP contribution in [0.4, 0.5) is 13.2 Å². The Morgan fingerprint density at radius 2 is 1.95 bits per heavy atom. The van der Waals surface area contributed by atoms with Crippen LogP contribution in [0.25, 0.3) is 0 Å². The van der Waals surface area contributed by atoms with Crippen LogP contribution in [0.2, 0.25) is 0 Å². The van der Waals surface area contributed by atoms with Crippen LogP contribution in [0.1, 0.15) is 41.6 Å². The number of halogens is 3. The molecule has 2 rings (SSSR count). The van der Waals surface area contributed by atoms with Gasteiger partial charge in [0.2, 0.25) is 0 Å². The molecule has 1 aromatic rings. The maximum absolute atomic E-state index is 12.6. The van der Waals surface area contributed by atoms with Crippen molar-refractivity contribution in [1.29, 1.82) is 0 Å². The highest BCUT2D eigenvalue weighted by Gasteiger charge is 2.34. The third kappa shape index (κ3) is 3.75. The van der Waals surface area contributed by atoms with Gasteiger partial charge in [-0.25, -0.2) is 0 Å². The van der Waals surface area contributed by atoms with Gasteiger partial charge in [-0.05, 0) is 31.0 Å². The summed E-state index contributed by atoms with van der Waals surface area (Å²) in [6.07, 6.45) is -0.813. The van der Waals surface area contributed by atoms with Crippen LogP contribution in [-0.4, -0.2) is 24.2 Å². The monoisotopic (exact) mass is 301 g/mol. The quantitative estimate of drug-likeness (QED) is 0.898. The van der Waals surface area contributed by atoms with Crippen molar-refractivity contribution in [1.82, 2.24) is 5.32 Å². The fraction of sp³-hybridized carbons (Fsp3) is 0.533. The van der Waals surface area contributed by atoms with E-state index < -0.39 is 17.6 Å². The van der Waals surface area contributed by atoms with E-state index in [0.29, 0.717) is 6.54 Å². The number of carbonyl (C=O) groups excluding carboxylic acids is 1. The number of aliphatic hydroxyl groups excluding tert-OH is 1. The van der Waals surface area contributed by atoms with Gasteiger partial charge in [-0.3, -0.25) is 4.79 Å². The van der Waals surface area contributed by atoms with Crippen molar-refractivity contribution in [3.05, 3.63) is 35.4 Å². The van der Waals surface area contributed by atoms with E-state index >= 15 is 0 Å². The number of benzene rings is 1. The average Bonchev–Trinajstić information content (AvgIpc) is 2.93. The van der Waals surface area contributed by atoms with Crippen LogP contribution in [0, 0.1) is 5.41 Å². The Morgan fingerprint density at radius 3 is 2.52 bits per heavy atom. The molecule has 0 bridgehead atoms. The van der Waals surface area contributed by atoms with E-state index in [-0.39, 0.29) is 17.6 Å². The molecule has 2 N–H and O–H groups in total. The van der Waals surface area contributed by atoms with Crippen molar-refractivity contribution in [3.63, 3.8) is 0 Å². The van der Waals surface area contributed by atoms with Gasteiger partial charge >= 0.3 is 6.18 Å². The summed E-state index contributed by atoms with van der Waals surface area (Å²) in [6.45, 7) is 0.272. The first kappa shape index (κ1) is 15.8. The van der Waals surface area contributed by atoms with Crippen LogP contribution in [0.3, 0.4) is 0 Å². The van der Waals surface area contributed by atoms with Gasteiger partial charge in [0.15, 0.2) is 0 Å². The second-order valence-corrected chi connectivity index (χ2v) is 5.63. The van der Waals surface area contributed by atoms with E-state index in [0.717, 1.165) is 37.8 Å². The van der Waals surface area contributed by atoms with E-state index in [1.807, 2.05) is 0 Å². The lowest BCUT2D eigenvalue weighted by atomic mass is 9.87. The third-order valence-corrected chi connectivity index (χ3v) is 4.08. The lowest BCUT2D eigenvalue weighted by Gasteiger charge is -2.26. The highest BCUT2D eigenvalue weighted by atomic mass is 19.4. The number of carbonyl (C=O) groups is 1. The van der Waals surface area contributed by atoms with Gasteiger partial charge in [-0.2, -0.15) is 13.2 Å². The summed E-state index contributed by atoms with van der Waals surface area (Å²) in [5.74, 6) is -0.541. The Balaban J connectivity index is 2.04. The molecule has 0 heterocycles. The first-order chi connectivity index (χ1) is 9.86. The number of alkyl halides is 3. The Labute approximate surface area is 121 Å². The Hall–Kier alpha value is -1.56. The molecule has 1 aliphatic carbocycles. The SMILES string of the molecule is O=C(NCC1(CO)CCCC1)c1cccc(C(F)(F)F)c1. The van der Waals surface area contributed by atoms with Gasteiger partial charge in [-0.1, -0.05) is 18.9 Å². The minimum atomic E-state index is -4.46. The summed E-state index contributed by atoms with van der Waals surface area (Å²) in [5, 5.41) is 12.1. The zero-order valence-electron chi connectivity index (χ0n) is 11.5. The molecule has 6 heteroatoms. The minimum absolute atomic E-state index is 0.0177. The van der Waals surface area contributed by atoms with Crippen LogP contribution in [-0.2, 0) is 6.18 Å². The fourth-order valence-electron chi connectivity index (χ4n) is 2.72. The maximum atomic E-state index is 12.6. The predicted octanol–water partition coefficient (Wildman–Crippen LogP) is 2.99. The highest BCUT2D eigenvalue weighted by Crippen LogP contribution is 2.37. The van der Waals surface area contributed by atoms with Crippen molar-refractivity contribution >= 4 is 5.91 Å². The van der Waals surface area contributed by atoms with Gasteiger partial charge in [0.25, 0.3) is 5.91 Å². The molecular formula is C15H18F3NO2. The largest absolute Gasteiger partial charge is 0.416 e. The molecule has 0 aromatic heterocycles. The molecule has 21 heavy (non-hydrogen) atoms. The van der Waals surface area contributed by atoms with Crippen LogP contribution >= 0.6 is 0 Å². The molecule has 3 nitrogen and oxygen atoms in total. The molecule has 0 spiro atoms. The van der Waals surface area contributed by atoms with Crippen molar-refractivity contribution in [2.24, 2.45) is 5.41 Å². The van der Waals surface area contributed by atoms with Crippen LogP contribution in [0.15, 0.2) is 24.3 Å². The van der Waals surface area contributed by atoms with E-state index in [2.05, 4.69) is 5.32 Å².